The predicted octanol–water partition coefficient (Wildman–Crippen LogP) is 14.7. The van der Waals surface area contributed by atoms with E-state index in [-0.39, 0.29) is 0 Å². The van der Waals surface area contributed by atoms with Crippen molar-refractivity contribution in [3.05, 3.63) is 194 Å². The van der Waals surface area contributed by atoms with Gasteiger partial charge in [-0.05, 0) is 75.8 Å². The lowest BCUT2D eigenvalue weighted by atomic mass is 9.98. The van der Waals surface area contributed by atoms with E-state index in [9.17, 15) is 0 Å². The van der Waals surface area contributed by atoms with Crippen molar-refractivity contribution < 1.29 is 0 Å². The molecular formula is C54H32N4S. The van der Waals surface area contributed by atoms with Gasteiger partial charge >= 0.3 is 0 Å². The highest BCUT2D eigenvalue weighted by Gasteiger charge is 2.23. The van der Waals surface area contributed by atoms with Crippen molar-refractivity contribution in [3.63, 3.8) is 0 Å². The highest BCUT2D eigenvalue weighted by molar-refractivity contribution is 7.27. The van der Waals surface area contributed by atoms with E-state index in [1.165, 1.54) is 75.3 Å². The molecule has 4 nitrogen and oxygen atoms in total. The van der Waals surface area contributed by atoms with Crippen molar-refractivity contribution in [2.75, 3.05) is 0 Å². The largest absolute Gasteiger partial charge is 0.309 e. The van der Waals surface area contributed by atoms with Crippen LogP contribution in [0.5, 0.6) is 0 Å². The molecule has 5 heteroatoms. The number of hydrogen-bond acceptors (Lipinski definition) is 3. The van der Waals surface area contributed by atoms with E-state index in [2.05, 4.69) is 203 Å². The molecule has 0 radical (unpaired) electrons. The zero-order valence-corrected chi connectivity index (χ0v) is 32.5. The van der Waals surface area contributed by atoms with E-state index in [0.29, 0.717) is 5.95 Å². The van der Waals surface area contributed by atoms with E-state index in [1.54, 1.807) is 11.3 Å². The lowest BCUT2D eigenvalue weighted by Gasteiger charge is -2.11. The molecule has 0 spiro atoms. The van der Waals surface area contributed by atoms with Crippen LogP contribution in [0.3, 0.4) is 0 Å². The molecule has 0 unspecified atom stereocenters. The molecule has 0 aliphatic heterocycles. The molecule has 274 valence electrons. The number of rotatable bonds is 4. The van der Waals surface area contributed by atoms with Gasteiger partial charge < -0.3 is 4.57 Å². The maximum Gasteiger partial charge on any atom is 0.235 e. The van der Waals surface area contributed by atoms with E-state index >= 15 is 0 Å². The van der Waals surface area contributed by atoms with E-state index in [0.717, 1.165) is 38.2 Å². The van der Waals surface area contributed by atoms with E-state index in [1.807, 2.05) is 0 Å². The maximum atomic E-state index is 5.58. The summed E-state index contributed by atoms with van der Waals surface area (Å²) in [4.78, 5) is 11.1. The fourth-order valence-electron chi connectivity index (χ4n) is 9.52. The van der Waals surface area contributed by atoms with Crippen molar-refractivity contribution in [1.29, 1.82) is 0 Å². The van der Waals surface area contributed by atoms with Crippen LogP contribution in [-0.2, 0) is 0 Å². The number of para-hydroxylation sites is 3. The standard InChI is InChI=1S/C54H32N4S/c1-3-15-33(16-4-1)50-53-51(49-41-23-9-7-19-37(41)38-20-8-10-24-42(38)52(49)59-53)56-54(55-50)58-46-26-14-12-22-40(46)44-32-35(28-30-48(44)58)34-27-29-47-43(31-34)39-21-11-13-25-45(39)57(47)36-17-5-2-6-18-36/h1-32H. The molecule has 59 heavy (non-hydrogen) atoms. The summed E-state index contributed by atoms with van der Waals surface area (Å²) in [6.45, 7) is 0. The van der Waals surface area contributed by atoms with Crippen LogP contribution in [0, 0.1) is 0 Å². The van der Waals surface area contributed by atoms with Crippen LogP contribution in [-0.4, -0.2) is 19.1 Å². The molecule has 4 heterocycles. The zero-order valence-electron chi connectivity index (χ0n) is 31.7. The van der Waals surface area contributed by atoms with Gasteiger partial charge in [-0.1, -0.05) is 146 Å². The monoisotopic (exact) mass is 768 g/mol. The molecule has 13 rings (SSSR count). The van der Waals surface area contributed by atoms with Gasteiger partial charge in [0.05, 0.1) is 38.0 Å². The number of fused-ring (bicyclic) bond motifs is 14. The van der Waals surface area contributed by atoms with Gasteiger partial charge in [0, 0.05) is 48.3 Å². The topological polar surface area (TPSA) is 35.6 Å². The average molecular weight is 769 g/mol. The first-order chi connectivity index (χ1) is 29.3. The van der Waals surface area contributed by atoms with Gasteiger partial charge in [-0.15, -0.1) is 11.3 Å². The highest BCUT2D eigenvalue weighted by atomic mass is 32.1. The molecule has 0 atom stereocenters. The molecule has 4 aromatic heterocycles. The first kappa shape index (κ1) is 32.5. The Balaban J connectivity index is 1.07. The molecule has 0 bridgehead atoms. The van der Waals surface area contributed by atoms with Crippen molar-refractivity contribution in [2.45, 2.75) is 0 Å². The summed E-state index contributed by atoms with van der Waals surface area (Å²) in [5, 5.41) is 11.0. The van der Waals surface area contributed by atoms with Gasteiger partial charge in [-0.3, -0.25) is 4.57 Å². The van der Waals surface area contributed by atoms with Gasteiger partial charge in [-0.2, -0.15) is 0 Å². The Bertz CT molecular complexity index is 3840. The summed E-state index contributed by atoms with van der Waals surface area (Å²) in [5.74, 6) is 0.669. The Hall–Kier alpha value is -7.60. The molecule has 0 N–H and O–H groups in total. The summed E-state index contributed by atoms with van der Waals surface area (Å²) < 4.78 is 6.98. The molecule has 0 amide bonds. The summed E-state index contributed by atoms with van der Waals surface area (Å²) in [6, 6.07) is 69.9. The molecular weight excluding hydrogens is 737 g/mol. The van der Waals surface area contributed by atoms with Crippen molar-refractivity contribution in [1.82, 2.24) is 19.1 Å². The molecule has 13 aromatic rings. The lowest BCUT2D eigenvalue weighted by Crippen LogP contribution is -2.02. The van der Waals surface area contributed by atoms with Crippen molar-refractivity contribution in [3.8, 4) is 34.0 Å². The van der Waals surface area contributed by atoms with Gasteiger partial charge in [0.15, 0.2) is 0 Å². The maximum absolute atomic E-state index is 5.58. The minimum Gasteiger partial charge on any atom is -0.309 e. The Morgan fingerprint density at radius 1 is 0.339 bits per heavy atom. The third-order valence-electron chi connectivity index (χ3n) is 12.1. The first-order valence-corrected chi connectivity index (χ1v) is 20.8. The van der Waals surface area contributed by atoms with Crippen molar-refractivity contribution >= 4 is 96.8 Å². The van der Waals surface area contributed by atoms with Crippen LogP contribution in [0.15, 0.2) is 194 Å². The lowest BCUT2D eigenvalue weighted by molar-refractivity contribution is 1.02. The van der Waals surface area contributed by atoms with Crippen LogP contribution in [0.4, 0.5) is 0 Å². The summed E-state index contributed by atoms with van der Waals surface area (Å²) in [6.07, 6.45) is 0. The Morgan fingerprint density at radius 2 is 0.831 bits per heavy atom. The molecule has 9 aromatic carbocycles. The summed E-state index contributed by atoms with van der Waals surface area (Å²) in [7, 11) is 0. The second-order valence-corrected chi connectivity index (χ2v) is 16.3. The minimum absolute atomic E-state index is 0.669. The highest BCUT2D eigenvalue weighted by Crippen LogP contribution is 2.46. The Morgan fingerprint density at radius 3 is 1.49 bits per heavy atom. The normalized spacial score (nSPS) is 12.1. The quantitative estimate of drug-likeness (QED) is 0.167. The Labute approximate surface area is 342 Å². The van der Waals surface area contributed by atoms with Crippen LogP contribution >= 0.6 is 11.3 Å². The molecule has 0 fully saturated rings. The third kappa shape index (κ3) is 4.71. The van der Waals surface area contributed by atoms with Crippen LogP contribution in [0.2, 0.25) is 0 Å². The second-order valence-electron chi connectivity index (χ2n) is 15.3. The predicted molar refractivity (Wildman–Crippen MR) is 249 cm³/mol. The zero-order chi connectivity index (χ0) is 38.6. The SMILES string of the molecule is c1ccc(-c2nc(-n3c4ccccc4c4cc(-c5ccc6c(c5)c5ccccc5n6-c5ccccc5)ccc43)nc3c2sc2c4ccccc4c4ccccc4c32)cc1. The smallest absolute Gasteiger partial charge is 0.235 e. The van der Waals surface area contributed by atoms with Gasteiger partial charge in [0.25, 0.3) is 0 Å². The first-order valence-electron chi connectivity index (χ1n) is 20.0. The second kappa shape index (κ2) is 12.4. The van der Waals surface area contributed by atoms with Crippen LogP contribution in [0.25, 0.3) is 119 Å². The Kier molecular flexibility index (Phi) is 6.85. The van der Waals surface area contributed by atoms with E-state index < -0.39 is 0 Å². The number of thiophene rings is 1. The fraction of sp³-hybridized carbons (Fsp3) is 0. The third-order valence-corrected chi connectivity index (χ3v) is 13.3. The van der Waals surface area contributed by atoms with Gasteiger partial charge in [-0.25, -0.2) is 9.97 Å². The van der Waals surface area contributed by atoms with E-state index in [4.69, 9.17) is 9.97 Å². The van der Waals surface area contributed by atoms with Crippen LogP contribution < -0.4 is 0 Å². The average Bonchev–Trinajstić information content (AvgIpc) is 3.97. The number of aromatic nitrogens is 4. The number of hydrogen-bond donors (Lipinski definition) is 0. The molecule has 0 aliphatic rings. The van der Waals surface area contributed by atoms with Gasteiger partial charge in [0.2, 0.25) is 5.95 Å². The number of benzene rings is 9. The number of nitrogens with zero attached hydrogens (tertiary/aromatic N) is 4. The summed E-state index contributed by atoms with van der Waals surface area (Å²) >= 11 is 1.81. The van der Waals surface area contributed by atoms with Crippen LogP contribution in [0.1, 0.15) is 0 Å². The molecule has 0 saturated heterocycles. The minimum atomic E-state index is 0.669. The van der Waals surface area contributed by atoms with Gasteiger partial charge in [0.1, 0.15) is 0 Å². The fourth-order valence-corrected chi connectivity index (χ4v) is 10.8. The summed E-state index contributed by atoms with van der Waals surface area (Å²) in [5.41, 5.74) is 11.1. The molecule has 0 saturated carbocycles. The molecule has 0 aliphatic carbocycles. The van der Waals surface area contributed by atoms with Crippen molar-refractivity contribution in [2.24, 2.45) is 0 Å².